The van der Waals surface area contributed by atoms with Crippen molar-refractivity contribution in [1.82, 2.24) is 10.3 Å². The third kappa shape index (κ3) is 4.50. The van der Waals surface area contributed by atoms with E-state index in [-0.39, 0.29) is 0 Å². The van der Waals surface area contributed by atoms with E-state index in [0.29, 0.717) is 18.0 Å². The molecule has 3 nitrogen and oxygen atoms in total. The maximum absolute atomic E-state index is 4.44. The Hall–Kier alpha value is -1.09. The number of hydrogen-bond donors (Lipinski definition) is 1. The summed E-state index contributed by atoms with van der Waals surface area (Å²) in [7, 11) is 2.18. The summed E-state index contributed by atoms with van der Waals surface area (Å²) < 4.78 is 0. The highest BCUT2D eigenvalue weighted by Gasteiger charge is 2.17. The van der Waals surface area contributed by atoms with Crippen molar-refractivity contribution >= 4 is 5.69 Å². The van der Waals surface area contributed by atoms with Gasteiger partial charge in [0.05, 0.1) is 0 Å². The molecule has 1 unspecified atom stereocenters. The first-order valence-electron chi connectivity index (χ1n) is 7.24. The SMILES string of the molecule is Cc1cc(N(C)C(C)C(C)C)c(CNC(C)C)cn1. The zero-order valence-corrected chi connectivity index (χ0v) is 13.5. The number of aryl methyl sites for hydroxylation is 1. The van der Waals surface area contributed by atoms with E-state index in [4.69, 9.17) is 0 Å². The summed E-state index contributed by atoms with van der Waals surface area (Å²) in [6, 6.07) is 3.19. The smallest absolute Gasteiger partial charge is 0.0445 e. The minimum atomic E-state index is 0.488. The quantitative estimate of drug-likeness (QED) is 0.853. The van der Waals surface area contributed by atoms with Crippen molar-refractivity contribution in [1.29, 1.82) is 0 Å². The largest absolute Gasteiger partial charge is 0.371 e. The molecule has 108 valence electrons. The maximum Gasteiger partial charge on any atom is 0.0445 e. The molecule has 0 amide bonds. The number of rotatable bonds is 6. The molecule has 1 aromatic rings. The van der Waals surface area contributed by atoms with Gasteiger partial charge in [0.1, 0.15) is 0 Å². The van der Waals surface area contributed by atoms with Crippen LogP contribution in [-0.2, 0) is 6.54 Å². The molecule has 1 heterocycles. The molecular formula is C16H29N3. The number of pyridine rings is 1. The number of hydrogen-bond acceptors (Lipinski definition) is 3. The van der Waals surface area contributed by atoms with Gasteiger partial charge >= 0.3 is 0 Å². The molecule has 0 spiro atoms. The highest BCUT2D eigenvalue weighted by Crippen LogP contribution is 2.24. The zero-order chi connectivity index (χ0) is 14.6. The van der Waals surface area contributed by atoms with Gasteiger partial charge in [-0.3, -0.25) is 4.98 Å². The van der Waals surface area contributed by atoms with Crippen molar-refractivity contribution in [3.8, 4) is 0 Å². The first-order chi connectivity index (χ1) is 8.82. The van der Waals surface area contributed by atoms with E-state index in [1.54, 1.807) is 0 Å². The second-order valence-corrected chi connectivity index (χ2v) is 6.09. The lowest BCUT2D eigenvalue weighted by Crippen LogP contribution is -2.34. The molecule has 1 N–H and O–H groups in total. The summed E-state index contributed by atoms with van der Waals surface area (Å²) in [5, 5.41) is 3.48. The van der Waals surface area contributed by atoms with Gasteiger partial charge in [0.2, 0.25) is 0 Å². The van der Waals surface area contributed by atoms with Crippen LogP contribution in [-0.4, -0.2) is 24.1 Å². The fourth-order valence-corrected chi connectivity index (χ4v) is 2.02. The minimum absolute atomic E-state index is 0.488. The third-order valence-electron chi connectivity index (χ3n) is 3.76. The van der Waals surface area contributed by atoms with Crippen LogP contribution in [0.2, 0.25) is 0 Å². The summed E-state index contributed by atoms with van der Waals surface area (Å²) in [6.45, 7) is 14.1. The zero-order valence-electron chi connectivity index (χ0n) is 13.5. The van der Waals surface area contributed by atoms with Crippen molar-refractivity contribution in [2.45, 2.75) is 60.2 Å². The van der Waals surface area contributed by atoms with E-state index < -0.39 is 0 Å². The van der Waals surface area contributed by atoms with E-state index >= 15 is 0 Å². The third-order valence-corrected chi connectivity index (χ3v) is 3.76. The van der Waals surface area contributed by atoms with Crippen LogP contribution in [0.4, 0.5) is 5.69 Å². The number of anilines is 1. The lowest BCUT2D eigenvalue weighted by molar-refractivity contribution is 0.503. The predicted octanol–water partition coefficient (Wildman–Crippen LogP) is 3.37. The topological polar surface area (TPSA) is 28.2 Å². The van der Waals surface area contributed by atoms with Gasteiger partial charge in [-0.05, 0) is 25.8 Å². The van der Waals surface area contributed by atoms with Gasteiger partial charge in [-0.1, -0.05) is 27.7 Å². The van der Waals surface area contributed by atoms with Crippen LogP contribution in [0.15, 0.2) is 12.3 Å². The van der Waals surface area contributed by atoms with Gasteiger partial charge in [0, 0.05) is 48.8 Å². The molecule has 0 aromatic carbocycles. The Balaban J connectivity index is 2.99. The second kappa shape index (κ2) is 6.90. The fourth-order valence-electron chi connectivity index (χ4n) is 2.02. The Morgan fingerprint density at radius 1 is 1.21 bits per heavy atom. The number of nitrogens with one attached hydrogen (secondary N) is 1. The van der Waals surface area contributed by atoms with E-state index in [1.807, 2.05) is 6.20 Å². The maximum atomic E-state index is 4.44. The molecule has 0 aliphatic rings. The molecule has 0 aliphatic heterocycles. The van der Waals surface area contributed by atoms with Crippen LogP contribution in [0.25, 0.3) is 0 Å². The van der Waals surface area contributed by atoms with E-state index in [2.05, 4.69) is 69.9 Å². The Morgan fingerprint density at radius 2 is 1.84 bits per heavy atom. The summed E-state index contributed by atoms with van der Waals surface area (Å²) >= 11 is 0. The molecule has 0 fully saturated rings. The van der Waals surface area contributed by atoms with Crippen LogP contribution in [0.1, 0.15) is 45.9 Å². The van der Waals surface area contributed by atoms with Crippen molar-refractivity contribution in [3.63, 3.8) is 0 Å². The number of aromatic nitrogens is 1. The van der Waals surface area contributed by atoms with Crippen molar-refractivity contribution in [2.24, 2.45) is 5.92 Å². The molecule has 3 heteroatoms. The predicted molar refractivity (Wildman–Crippen MR) is 83.7 cm³/mol. The Morgan fingerprint density at radius 3 is 2.37 bits per heavy atom. The summed E-state index contributed by atoms with van der Waals surface area (Å²) in [5.41, 5.74) is 3.64. The fraction of sp³-hybridized carbons (Fsp3) is 0.688. The van der Waals surface area contributed by atoms with Gasteiger partial charge in [-0.15, -0.1) is 0 Å². The highest BCUT2D eigenvalue weighted by atomic mass is 15.1. The lowest BCUT2D eigenvalue weighted by Gasteiger charge is -2.32. The molecule has 1 atom stereocenters. The Labute approximate surface area is 118 Å². The molecule has 0 saturated heterocycles. The lowest BCUT2D eigenvalue weighted by atomic mass is 10.0. The van der Waals surface area contributed by atoms with Gasteiger partial charge in [0.15, 0.2) is 0 Å². The average Bonchev–Trinajstić information content (AvgIpc) is 2.35. The van der Waals surface area contributed by atoms with Crippen LogP contribution in [0.3, 0.4) is 0 Å². The molecule has 0 aliphatic carbocycles. The molecule has 0 bridgehead atoms. The van der Waals surface area contributed by atoms with E-state index in [1.165, 1.54) is 11.3 Å². The number of nitrogens with zero attached hydrogens (tertiary/aromatic N) is 2. The molecule has 19 heavy (non-hydrogen) atoms. The first kappa shape index (κ1) is 16.0. The van der Waals surface area contributed by atoms with Crippen LogP contribution in [0, 0.1) is 12.8 Å². The van der Waals surface area contributed by atoms with Crippen molar-refractivity contribution in [3.05, 3.63) is 23.5 Å². The van der Waals surface area contributed by atoms with Crippen molar-refractivity contribution in [2.75, 3.05) is 11.9 Å². The van der Waals surface area contributed by atoms with Gasteiger partial charge in [-0.25, -0.2) is 0 Å². The Bertz CT molecular complexity index is 399. The summed E-state index contributed by atoms with van der Waals surface area (Å²) in [6.07, 6.45) is 2.00. The van der Waals surface area contributed by atoms with Crippen LogP contribution < -0.4 is 10.2 Å². The average molecular weight is 263 g/mol. The van der Waals surface area contributed by atoms with E-state index in [9.17, 15) is 0 Å². The molecule has 1 aromatic heterocycles. The van der Waals surface area contributed by atoms with Crippen LogP contribution >= 0.6 is 0 Å². The standard InChI is InChI=1S/C16H29N3/c1-11(2)14(6)19(7)16-8-13(5)18-10-15(16)9-17-12(3)4/h8,10-12,14,17H,9H2,1-7H3. The normalized spacial score (nSPS) is 13.1. The van der Waals surface area contributed by atoms with E-state index in [0.717, 1.165) is 12.2 Å². The second-order valence-electron chi connectivity index (χ2n) is 6.09. The minimum Gasteiger partial charge on any atom is -0.371 e. The first-order valence-corrected chi connectivity index (χ1v) is 7.24. The summed E-state index contributed by atoms with van der Waals surface area (Å²) in [5.74, 6) is 0.629. The van der Waals surface area contributed by atoms with Gasteiger partial charge in [0.25, 0.3) is 0 Å². The summed E-state index contributed by atoms with van der Waals surface area (Å²) in [4.78, 5) is 6.81. The molecular weight excluding hydrogens is 234 g/mol. The van der Waals surface area contributed by atoms with Crippen molar-refractivity contribution < 1.29 is 0 Å². The molecule has 0 radical (unpaired) electrons. The van der Waals surface area contributed by atoms with Crippen LogP contribution in [0.5, 0.6) is 0 Å². The molecule has 0 saturated carbocycles. The highest BCUT2D eigenvalue weighted by molar-refractivity contribution is 5.53. The van der Waals surface area contributed by atoms with Gasteiger partial charge in [-0.2, -0.15) is 0 Å². The van der Waals surface area contributed by atoms with Gasteiger partial charge < -0.3 is 10.2 Å². The monoisotopic (exact) mass is 263 g/mol. The Kier molecular flexibility index (Phi) is 5.80. The molecule has 1 rings (SSSR count).